The molecule has 0 saturated heterocycles. The Morgan fingerprint density at radius 1 is 1.35 bits per heavy atom. The van der Waals surface area contributed by atoms with E-state index < -0.39 is 0 Å². The molecule has 0 radical (unpaired) electrons. The standard InChI is InChI=1S/C18H20N2O3/c1-12(11-21)20(2)18(22)16-8-15(9-19-10-16)13-3-4-17-14(7-13)5-6-23-17/h3-4,7-10,12,21H,5-6,11H2,1-2H3. The molecule has 0 aliphatic carbocycles. The highest BCUT2D eigenvalue weighted by atomic mass is 16.5. The van der Waals surface area contributed by atoms with E-state index in [9.17, 15) is 9.90 Å². The Morgan fingerprint density at radius 2 is 2.17 bits per heavy atom. The van der Waals surface area contributed by atoms with Crippen molar-refractivity contribution in [3.63, 3.8) is 0 Å². The summed E-state index contributed by atoms with van der Waals surface area (Å²) >= 11 is 0. The van der Waals surface area contributed by atoms with Gasteiger partial charge in [0.25, 0.3) is 5.91 Å². The first-order chi connectivity index (χ1) is 11.1. The first kappa shape index (κ1) is 15.5. The van der Waals surface area contributed by atoms with Gasteiger partial charge in [-0.05, 0) is 36.2 Å². The number of aromatic nitrogens is 1. The number of hydrogen-bond donors (Lipinski definition) is 1. The van der Waals surface area contributed by atoms with E-state index >= 15 is 0 Å². The van der Waals surface area contributed by atoms with E-state index in [1.807, 2.05) is 18.2 Å². The fraction of sp³-hybridized carbons (Fsp3) is 0.333. The molecule has 120 valence electrons. The van der Waals surface area contributed by atoms with Crippen LogP contribution in [-0.4, -0.2) is 47.2 Å². The molecule has 23 heavy (non-hydrogen) atoms. The second-order valence-electron chi connectivity index (χ2n) is 5.83. The molecule has 0 bridgehead atoms. The van der Waals surface area contributed by atoms with E-state index in [-0.39, 0.29) is 18.6 Å². The van der Waals surface area contributed by atoms with Gasteiger partial charge in [-0.25, -0.2) is 0 Å². The zero-order valence-electron chi connectivity index (χ0n) is 13.3. The molecule has 2 aromatic rings. The van der Waals surface area contributed by atoms with Crippen LogP contribution >= 0.6 is 0 Å². The number of benzene rings is 1. The molecule has 1 aromatic heterocycles. The third kappa shape index (κ3) is 3.05. The minimum Gasteiger partial charge on any atom is -0.493 e. The van der Waals surface area contributed by atoms with Gasteiger partial charge in [-0.1, -0.05) is 6.07 Å². The average molecular weight is 312 g/mol. The lowest BCUT2D eigenvalue weighted by Gasteiger charge is -2.23. The fourth-order valence-corrected chi connectivity index (χ4v) is 2.61. The van der Waals surface area contributed by atoms with Crippen LogP contribution in [0.4, 0.5) is 0 Å². The highest BCUT2D eigenvalue weighted by molar-refractivity contribution is 5.95. The Morgan fingerprint density at radius 3 is 2.96 bits per heavy atom. The topological polar surface area (TPSA) is 62.7 Å². The number of likely N-dealkylation sites (N-methyl/N-ethyl adjacent to an activating group) is 1. The van der Waals surface area contributed by atoms with E-state index in [0.29, 0.717) is 5.56 Å². The van der Waals surface area contributed by atoms with Gasteiger partial charge in [0.05, 0.1) is 24.8 Å². The predicted molar refractivity (Wildman–Crippen MR) is 87.5 cm³/mol. The van der Waals surface area contributed by atoms with Gasteiger partial charge >= 0.3 is 0 Å². The number of ether oxygens (including phenoxy) is 1. The second-order valence-corrected chi connectivity index (χ2v) is 5.83. The average Bonchev–Trinajstić information content (AvgIpc) is 3.07. The molecule has 1 atom stereocenters. The molecule has 0 saturated carbocycles. The lowest BCUT2D eigenvalue weighted by molar-refractivity contribution is 0.0682. The van der Waals surface area contributed by atoms with Crippen molar-refractivity contribution >= 4 is 5.91 Å². The summed E-state index contributed by atoms with van der Waals surface area (Å²) in [6.07, 6.45) is 4.22. The number of rotatable bonds is 4. The molecule has 3 rings (SSSR count). The summed E-state index contributed by atoms with van der Waals surface area (Å²) in [5.41, 5.74) is 3.62. The van der Waals surface area contributed by atoms with Crippen LogP contribution < -0.4 is 4.74 Å². The fourth-order valence-electron chi connectivity index (χ4n) is 2.61. The molecule has 1 aliphatic heterocycles. The molecule has 1 amide bonds. The van der Waals surface area contributed by atoms with Gasteiger partial charge in [0, 0.05) is 31.4 Å². The Labute approximate surface area is 135 Å². The summed E-state index contributed by atoms with van der Waals surface area (Å²) in [6.45, 7) is 2.45. The SMILES string of the molecule is CC(CO)N(C)C(=O)c1cncc(-c2ccc3c(c2)CCO3)c1. The van der Waals surface area contributed by atoms with Gasteiger partial charge in [0.2, 0.25) is 0 Å². The van der Waals surface area contributed by atoms with Crippen LogP contribution in [0, 0.1) is 0 Å². The van der Waals surface area contributed by atoms with E-state index in [4.69, 9.17) is 4.74 Å². The van der Waals surface area contributed by atoms with Gasteiger partial charge in [-0.15, -0.1) is 0 Å². The molecular formula is C18H20N2O3. The molecular weight excluding hydrogens is 292 g/mol. The maximum absolute atomic E-state index is 12.5. The highest BCUT2D eigenvalue weighted by Crippen LogP contribution is 2.30. The summed E-state index contributed by atoms with van der Waals surface area (Å²) in [5.74, 6) is 0.788. The summed E-state index contributed by atoms with van der Waals surface area (Å²) in [5, 5.41) is 9.20. The summed E-state index contributed by atoms with van der Waals surface area (Å²) in [6, 6.07) is 7.64. The first-order valence-corrected chi connectivity index (χ1v) is 7.69. The number of carbonyl (C=O) groups is 1. The van der Waals surface area contributed by atoms with Gasteiger partial charge in [0.1, 0.15) is 5.75 Å². The number of nitrogens with zero attached hydrogens (tertiary/aromatic N) is 2. The van der Waals surface area contributed by atoms with Crippen LogP contribution in [0.25, 0.3) is 11.1 Å². The van der Waals surface area contributed by atoms with Crippen molar-refractivity contribution in [2.45, 2.75) is 19.4 Å². The first-order valence-electron chi connectivity index (χ1n) is 7.69. The summed E-state index contributed by atoms with van der Waals surface area (Å²) in [7, 11) is 1.68. The molecule has 5 nitrogen and oxygen atoms in total. The Hall–Kier alpha value is -2.40. The molecule has 2 heterocycles. The van der Waals surface area contributed by atoms with E-state index in [2.05, 4.69) is 11.1 Å². The number of aliphatic hydroxyl groups excluding tert-OH is 1. The zero-order chi connectivity index (χ0) is 16.4. The van der Waals surface area contributed by atoms with Crippen molar-refractivity contribution in [1.29, 1.82) is 0 Å². The third-order valence-electron chi connectivity index (χ3n) is 4.25. The normalized spacial score (nSPS) is 14.0. The van der Waals surface area contributed by atoms with Crippen molar-refractivity contribution in [3.05, 3.63) is 47.8 Å². The quantitative estimate of drug-likeness (QED) is 0.939. The third-order valence-corrected chi connectivity index (χ3v) is 4.25. The minimum absolute atomic E-state index is 0.0693. The van der Waals surface area contributed by atoms with E-state index in [1.165, 1.54) is 10.5 Å². The van der Waals surface area contributed by atoms with Crippen molar-refractivity contribution in [2.75, 3.05) is 20.3 Å². The highest BCUT2D eigenvalue weighted by Gasteiger charge is 2.18. The summed E-state index contributed by atoms with van der Waals surface area (Å²) < 4.78 is 5.52. The number of hydrogen-bond acceptors (Lipinski definition) is 4. The lowest BCUT2D eigenvalue weighted by atomic mass is 10.0. The van der Waals surface area contributed by atoms with Crippen LogP contribution in [0.15, 0.2) is 36.7 Å². The van der Waals surface area contributed by atoms with E-state index in [0.717, 1.165) is 29.9 Å². The molecule has 1 aliphatic rings. The molecule has 0 fully saturated rings. The Balaban J connectivity index is 1.89. The van der Waals surface area contributed by atoms with Crippen LogP contribution in [0.5, 0.6) is 5.75 Å². The summed E-state index contributed by atoms with van der Waals surface area (Å²) in [4.78, 5) is 18.2. The second kappa shape index (κ2) is 6.38. The van der Waals surface area contributed by atoms with Crippen LogP contribution in [0.1, 0.15) is 22.8 Å². The van der Waals surface area contributed by atoms with Gasteiger partial charge in [-0.2, -0.15) is 0 Å². The molecule has 1 aromatic carbocycles. The number of carbonyl (C=O) groups excluding carboxylic acids is 1. The minimum atomic E-state index is -0.233. The number of amides is 1. The van der Waals surface area contributed by atoms with Crippen molar-refractivity contribution in [3.8, 4) is 16.9 Å². The lowest BCUT2D eigenvalue weighted by Crippen LogP contribution is -2.37. The van der Waals surface area contributed by atoms with Crippen LogP contribution in [0.2, 0.25) is 0 Å². The number of pyridine rings is 1. The maximum atomic E-state index is 12.5. The largest absolute Gasteiger partial charge is 0.493 e. The van der Waals surface area contributed by atoms with Crippen molar-refractivity contribution < 1.29 is 14.6 Å². The van der Waals surface area contributed by atoms with Gasteiger partial charge < -0.3 is 14.7 Å². The molecule has 1 unspecified atom stereocenters. The molecule has 1 N–H and O–H groups in total. The van der Waals surface area contributed by atoms with Crippen molar-refractivity contribution in [2.24, 2.45) is 0 Å². The number of aliphatic hydroxyl groups is 1. The predicted octanol–water partition coefficient (Wildman–Crippen LogP) is 2.14. The molecule has 5 heteroatoms. The van der Waals surface area contributed by atoms with Crippen molar-refractivity contribution in [1.82, 2.24) is 9.88 Å². The van der Waals surface area contributed by atoms with Gasteiger partial charge in [-0.3, -0.25) is 9.78 Å². The van der Waals surface area contributed by atoms with Gasteiger partial charge in [0.15, 0.2) is 0 Å². The maximum Gasteiger partial charge on any atom is 0.255 e. The smallest absolute Gasteiger partial charge is 0.255 e. The number of fused-ring (bicyclic) bond motifs is 1. The Kier molecular flexibility index (Phi) is 4.30. The van der Waals surface area contributed by atoms with E-state index in [1.54, 1.807) is 26.4 Å². The Bertz CT molecular complexity index is 730. The van der Waals surface area contributed by atoms with Crippen LogP contribution in [-0.2, 0) is 6.42 Å². The zero-order valence-corrected chi connectivity index (χ0v) is 13.3. The molecule has 0 spiro atoms. The van der Waals surface area contributed by atoms with Crippen LogP contribution in [0.3, 0.4) is 0 Å². The monoisotopic (exact) mass is 312 g/mol.